The Balaban J connectivity index is 1.73. The summed E-state index contributed by atoms with van der Waals surface area (Å²) in [7, 11) is 0. The third-order valence-corrected chi connectivity index (χ3v) is 5.22. The lowest BCUT2D eigenvalue weighted by molar-refractivity contribution is 0.0954. The van der Waals surface area contributed by atoms with Gasteiger partial charge in [0, 0.05) is 18.1 Å². The number of pyridine rings is 1. The van der Waals surface area contributed by atoms with E-state index in [1.807, 2.05) is 13.0 Å². The van der Waals surface area contributed by atoms with Crippen LogP contribution in [0.15, 0.2) is 12.3 Å². The van der Waals surface area contributed by atoms with Crippen LogP contribution in [0.25, 0.3) is 10.2 Å². The summed E-state index contributed by atoms with van der Waals surface area (Å²) < 4.78 is 0. The highest BCUT2D eigenvalue weighted by molar-refractivity contribution is 7.21. The van der Waals surface area contributed by atoms with Gasteiger partial charge in [-0.1, -0.05) is 19.3 Å². The van der Waals surface area contributed by atoms with E-state index in [1.165, 1.54) is 30.6 Å². The molecule has 1 aliphatic rings. The van der Waals surface area contributed by atoms with Crippen LogP contribution >= 0.6 is 11.3 Å². The van der Waals surface area contributed by atoms with Crippen molar-refractivity contribution in [1.82, 2.24) is 10.3 Å². The van der Waals surface area contributed by atoms with Crippen molar-refractivity contribution in [2.75, 3.05) is 12.3 Å². The molecule has 3 N–H and O–H groups in total. The van der Waals surface area contributed by atoms with Crippen molar-refractivity contribution in [3.05, 3.63) is 22.7 Å². The van der Waals surface area contributed by atoms with Crippen molar-refractivity contribution < 1.29 is 4.79 Å². The predicted molar refractivity (Wildman–Crippen MR) is 83.1 cm³/mol. The summed E-state index contributed by atoms with van der Waals surface area (Å²) in [4.78, 5) is 18.0. The quantitative estimate of drug-likeness (QED) is 0.908. The molecule has 2 aromatic heterocycles. The third-order valence-electron chi connectivity index (χ3n) is 4.11. The van der Waals surface area contributed by atoms with Crippen molar-refractivity contribution in [3.63, 3.8) is 0 Å². The second-order valence-electron chi connectivity index (χ2n) is 5.49. The third kappa shape index (κ3) is 2.38. The topological polar surface area (TPSA) is 68.0 Å². The SMILES string of the molecule is Cc1ccnc2sc(C(=O)NCCC3CCC3)c(N)c12. The molecule has 1 fully saturated rings. The number of hydrogen-bond donors (Lipinski definition) is 2. The molecular formula is C15H19N3OS. The van der Waals surface area contributed by atoms with Gasteiger partial charge in [0.2, 0.25) is 0 Å². The Labute approximate surface area is 122 Å². The van der Waals surface area contributed by atoms with E-state index in [9.17, 15) is 4.79 Å². The fourth-order valence-electron chi connectivity index (χ4n) is 2.62. The lowest BCUT2D eigenvalue weighted by Gasteiger charge is -2.25. The Morgan fingerprint density at radius 1 is 1.55 bits per heavy atom. The van der Waals surface area contributed by atoms with Crippen LogP contribution < -0.4 is 11.1 Å². The van der Waals surface area contributed by atoms with Crippen LogP contribution in [-0.2, 0) is 0 Å². The average molecular weight is 289 g/mol. The normalized spacial score (nSPS) is 15.2. The van der Waals surface area contributed by atoms with Gasteiger partial charge in [0.1, 0.15) is 9.71 Å². The maximum atomic E-state index is 12.2. The van der Waals surface area contributed by atoms with Crippen LogP contribution in [0.1, 0.15) is 40.9 Å². The highest BCUT2D eigenvalue weighted by Crippen LogP contribution is 2.34. The fourth-order valence-corrected chi connectivity index (χ4v) is 3.68. The number of anilines is 1. The lowest BCUT2D eigenvalue weighted by Crippen LogP contribution is -2.27. The monoisotopic (exact) mass is 289 g/mol. The highest BCUT2D eigenvalue weighted by Gasteiger charge is 2.20. The van der Waals surface area contributed by atoms with E-state index in [2.05, 4.69) is 10.3 Å². The molecule has 0 unspecified atom stereocenters. The zero-order valence-electron chi connectivity index (χ0n) is 11.6. The van der Waals surface area contributed by atoms with Gasteiger partial charge in [-0.15, -0.1) is 11.3 Å². The van der Waals surface area contributed by atoms with E-state index in [4.69, 9.17) is 5.73 Å². The molecule has 2 heterocycles. The van der Waals surface area contributed by atoms with Crippen LogP contribution in [0.3, 0.4) is 0 Å². The first-order valence-corrected chi connectivity index (χ1v) is 7.90. The highest BCUT2D eigenvalue weighted by atomic mass is 32.1. The molecule has 5 heteroatoms. The summed E-state index contributed by atoms with van der Waals surface area (Å²) in [5, 5.41) is 3.90. The van der Waals surface area contributed by atoms with Crippen LogP contribution in [0.5, 0.6) is 0 Å². The van der Waals surface area contributed by atoms with E-state index in [1.54, 1.807) is 6.20 Å². The lowest BCUT2D eigenvalue weighted by atomic mass is 9.83. The molecule has 1 saturated carbocycles. The van der Waals surface area contributed by atoms with E-state index in [0.29, 0.717) is 10.6 Å². The summed E-state index contributed by atoms with van der Waals surface area (Å²) >= 11 is 1.38. The first kappa shape index (κ1) is 13.4. The number of amides is 1. The number of nitrogens with one attached hydrogen (secondary N) is 1. The summed E-state index contributed by atoms with van der Waals surface area (Å²) in [5.74, 6) is 0.739. The van der Waals surface area contributed by atoms with Gasteiger partial charge >= 0.3 is 0 Å². The number of rotatable bonds is 4. The summed E-state index contributed by atoms with van der Waals surface area (Å²) in [5.41, 5.74) is 7.75. The van der Waals surface area contributed by atoms with Crippen LogP contribution in [0, 0.1) is 12.8 Å². The molecule has 4 nitrogen and oxygen atoms in total. The molecule has 0 bridgehead atoms. The Morgan fingerprint density at radius 3 is 3.00 bits per heavy atom. The number of fused-ring (bicyclic) bond motifs is 1. The number of nitrogens with two attached hydrogens (primary N) is 1. The van der Waals surface area contributed by atoms with Gasteiger partial charge in [-0.25, -0.2) is 4.98 Å². The van der Waals surface area contributed by atoms with Crippen molar-refractivity contribution in [1.29, 1.82) is 0 Å². The molecule has 3 rings (SSSR count). The van der Waals surface area contributed by atoms with E-state index in [0.717, 1.165) is 34.7 Å². The molecule has 20 heavy (non-hydrogen) atoms. The van der Waals surface area contributed by atoms with Gasteiger partial charge < -0.3 is 11.1 Å². The standard InChI is InChI=1S/C15H19N3OS/c1-9-5-7-18-15-11(9)12(16)13(20-15)14(19)17-8-6-10-3-2-4-10/h5,7,10H,2-4,6,8,16H2,1H3,(H,17,19). The van der Waals surface area contributed by atoms with Crippen molar-refractivity contribution in [3.8, 4) is 0 Å². The smallest absolute Gasteiger partial charge is 0.263 e. The van der Waals surface area contributed by atoms with Gasteiger partial charge in [0.15, 0.2) is 0 Å². The molecule has 2 aromatic rings. The average Bonchev–Trinajstić information content (AvgIpc) is 2.71. The number of hydrogen-bond acceptors (Lipinski definition) is 4. The molecule has 0 aliphatic heterocycles. The minimum Gasteiger partial charge on any atom is -0.397 e. The molecule has 0 spiro atoms. The second-order valence-corrected chi connectivity index (χ2v) is 6.49. The van der Waals surface area contributed by atoms with Gasteiger partial charge in [-0.2, -0.15) is 0 Å². The van der Waals surface area contributed by atoms with Crippen molar-refractivity contribution in [2.24, 2.45) is 5.92 Å². The zero-order valence-corrected chi connectivity index (χ0v) is 12.4. The summed E-state index contributed by atoms with van der Waals surface area (Å²) in [6.45, 7) is 2.73. The Hall–Kier alpha value is -1.62. The van der Waals surface area contributed by atoms with Gasteiger partial charge in [0.05, 0.1) is 5.69 Å². The maximum Gasteiger partial charge on any atom is 0.263 e. The van der Waals surface area contributed by atoms with Crippen molar-refractivity contribution in [2.45, 2.75) is 32.6 Å². The van der Waals surface area contributed by atoms with Crippen LogP contribution in [0.4, 0.5) is 5.69 Å². The van der Waals surface area contributed by atoms with Crippen LogP contribution in [0.2, 0.25) is 0 Å². The van der Waals surface area contributed by atoms with Gasteiger partial charge in [-0.3, -0.25) is 4.79 Å². The Morgan fingerprint density at radius 2 is 2.35 bits per heavy atom. The number of nitrogens with zero attached hydrogens (tertiary/aromatic N) is 1. The molecule has 106 valence electrons. The largest absolute Gasteiger partial charge is 0.397 e. The molecule has 1 aliphatic carbocycles. The number of aromatic nitrogens is 1. The molecule has 0 atom stereocenters. The Bertz CT molecular complexity index is 646. The molecule has 0 aromatic carbocycles. The fraction of sp³-hybridized carbons (Fsp3) is 0.467. The summed E-state index contributed by atoms with van der Waals surface area (Å²) in [6, 6.07) is 1.92. The minimum absolute atomic E-state index is 0.0655. The molecule has 0 saturated heterocycles. The van der Waals surface area contributed by atoms with E-state index < -0.39 is 0 Å². The molecule has 0 radical (unpaired) electrons. The number of aryl methyl sites for hydroxylation is 1. The molecule has 1 amide bonds. The predicted octanol–water partition coefficient (Wildman–Crippen LogP) is 3.11. The van der Waals surface area contributed by atoms with Gasteiger partial charge in [0.25, 0.3) is 5.91 Å². The number of thiophene rings is 1. The first-order chi connectivity index (χ1) is 9.66. The van der Waals surface area contributed by atoms with Crippen LogP contribution in [-0.4, -0.2) is 17.4 Å². The number of carbonyl (C=O) groups is 1. The maximum absolute atomic E-state index is 12.2. The van der Waals surface area contributed by atoms with Gasteiger partial charge in [-0.05, 0) is 30.9 Å². The Kier molecular flexibility index (Phi) is 3.61. The number of nitrogen functional groups attached to an aromatic ring is 1. The first-order valence-electron chi connectivity index (χ1n) is 7.08. The zero-order chi connectivity index (χ0) is 14.1. The second kappa shape index (κ2) is 5.40. The van der Waals surface area contributed by atoms with E-state index >= 15 is 0 Å². The molecular weight excluding hydrogens is 270 g/mol. The van der Waals surface area contributed by atoms with Crippen molar-refractivity contribution >= 4 is 33.1 Å². The minimum atomic E-state index is -0.0655. The van der Waals surface area contributed by atoms with E-state index in [-0.39, 0.29) is 5.91 Å². The number of carbonyl (C=O) groups excluding carboxylic acids is 1. The summed E-state index contributed by atoms with van der Waals surface area (Å²) in [6.07, 6.45) is 6.79.